The molecule has 1 N–H and O–H groups in total. The number of nitrogens with zero attached hydrogens (tertiary/aromatic N) is 1. The Bertz CT molecular complexity index is 673. The lowest BCUT2D eigenvalue weighted by Gasteiger charge is -2.19. The normalized spacial score (nSPS) is 12.4. The molecule has 21 heavy (non-hydrogen) atoms. The summed E-state index contributed by atoms with van der Waals surface area (Å²) in [7, 11) is 3.27. The van der Waals surface area contributed by atoms with Crippen molar-refractivity contribution >= 4 is 22.8 Å². The fourth-order valence-corrected chi connectivity index (χ4v) is 2.27. The number of hydrogen-bond donors (Lipinski definition) is 1. The van der Waals surface area contributed by atoms with E-state index in [4.69, 9.17) is 4.74 Å². The lowest BCUT2D eigenvalue weighted by molar-refractivity contribution is -0.144. The number of fused-ring (bicyclic) bond motifs is 1. The molecule has 1 atom stereocenters. The van der Waals surface area contributed by atoms with Crippen molar-refractivity contribution in [1.82, 2.24) is 9.88 Å². The fraction of sp³-hybridized carbons (Fsp3) is 0.375. The van der Waals surface area contributed by atoms with E-state index < -0.39 is 12.0 Å². The highest BCUT2D eigenvalue weighted by molar-refractivity contribution is 6.00. The van der Waals surface area contributed by atoms with E-state index in [1.165, 1.54) is 7.11 Å². The van der Waals surface area contributed by atoms with Gasteiger partial charge < -0.3 is 14.6 Å². The molecule has 0 radical (unpaired) electrons. The Morgan fingerprint density at radius 3 is 2.57 bits per heavy atom. The zero-order chi connectivity index (χ0) is 15.6. The smallest absolute Gasteiger partial charge is 0.328 e. The number of rotatable bonds is 4. The van der Waals surface area contributed by atoms with E-state index in [1.54, 1.807) is 6.07 Å². The van der Waals surface area contributed by atoms with E-state index in [0.29, 0.717) is 5.56 Å². The maximum absolute atomic E-state index is 12.3. The van der Waals surface area contributed by atoms with Gasteiger partial charge in [0.25, 0.3) is 5.91 Å². The molecule has 1 aromatic heterocycles. The van der Waals surface area contributed by atoms with Crippen LogP contribution in [0.2, 0.25) is 0 Å². The highest BCUT2D eigenvalue weighted by Crippen LogP contribution is 2.17. The van der Waals surface area contributed by atoms with E-state index in [2.05, 4.69) is 5.32 Å². The van der Waals surface area contributed by atoms with E-state index in [1.807, 2.05) is 49.9 Å². The molecule has 0 saturated carbocycles. The number of methoxy groups -OCH3 is 1. The highest BCUT2D eigenvalue weighted by Gasteiger charge is 2.25. The number of ether oxygens (including phenoxy) is 1. The summed E-state index contributed by atoms with van der Waals surface area (Å²) in [6, 6.07) is 6.78. The van der Waals surface area contributed by atoms with Crippen molar-refractivity contribution in [3.05, 3.63) is 36.0 Å². The summed E-state index contributed by atoms with van der Waals surface area (Å²) >= 11 is 0. The summed E-state index contributed by atoms with van der Waals surface area (Å²) in [4.78, 5) is 24.0. The second-order valence-electron chi connectivity index (χ2n) is 5.42. The summed E-state index contributed by atoms with van der Waals surface area (Å²) in [6.45, 7) is 3.73. The van der Waals surface area contributed by atoms with Gasteiger partial charge in [0, 0.05) is 29.7 Å². The first-order valence-corrected chi connectivity index (χ1v) is 6.88. The van der Waals surface area contributed by atoms with Gasteiger partial charge in [-0.05, 0) is 30.2 Å². The molecule has 1 unspecified atom stereocenters. The van der Waals surface area contributed by atoms with Crippen LogP contribution in [0.4, 0.5) is 0 Å². The minimum Gasteiger partial charge on any atom is -0.467 e. The van der Waals surface area contributed by atoms with Gasteiger partial charge in [0.1, 0.15) is 6.04 Å². The van der Waals surface area contributed by atoms with Crippen LogP contribution in [0.5, 0.6) is 0 Å². The lowest BCUT2D eigenvalue weighted by atomic mass is 10.0. The maximum Gasteiger partial charge on any atom is 0.328 e. The predicted molar refractivity (Wildman–Crippen MR) is 81.0 cm³/mol. The molecule has 0 fully saturated rings. The number of benzene rings is 1. The van der Waals surface area contributed by atoms with Gasteiger partial charge in [0.2, 0.25) is 0 Å². The summed E-state index contributed by atoms with van der Waals surface area (Å²) in [5.41, 5.74) is 1.59. The lowest BCUT2D eigenvalue weighted by Crippen LogP contribution is -2.45. The quantitative estimate of drug-likeness (QED) is 0.877. The summed E-state index contributed by atoms with van der Waals surface area (Å²) < 4.78 is 6.72. The molecule has 112 valence electrons. The van der Waals surface area contributed by atoms with Gasteiger partial charge in [0.15, 0.2) is 0 Å². The largest absolute Gasteiger partial charge is 0.467 e. The molecule has 0 aliphatic heterocycles. The molecule has 1 heterocycles. The van der Waals surface area contributed by atoms with Crippen molar-refractivity contribution in [3.63, 3.8) is 0 Å². The predicted octanol–water partition coefficient (Wildman–Crippen LogP) is 2.11. The van der Waals surface area contributed by atoms with Crippen molar-refractivity contribution in [3.8, 4) is 0 Å². The Hall–Kier alpha value is -2.30. The monoisotopic (exact) mass is 288 g/mol. The van der Waals surface area contributed by atoms with Crippen LogP contribution in [0.1, 0.15) is 24.2 Å². The first-order chi connectivity index (χ1) is 9.93. The average Bonchev–Trinajstić information content (AvgIpc) is 2.84. The molecule has 5 nitrogen and oxygen atoms in total. The number of aromatic nitrogens is 1. The molecule has 1 aromatic carbocycles. The Labute approximate surface area is 123 Å². The van der Waals surface area contributed by atoms with Crippen LogP contribution < -0.4 is 5.32 Å². The van der Waals surface area contributed by atoms with Crippen LogP contribution in [-0.2, 0) is 16.6 Å². The number of carbonyl (C=O) groups excluding carboxylic acids is 2. The van der Waals surface area contributed by atoms with Gasteiger partial charge in [-0.3, -0.25) is 4.79 Å². The Balaban J connectivity index is 2.23. The minimum atomic E-state index is -0.644. The van der Waals surface area contributed by atoms with E-state index in [-0.39, 0.29) is 11.8 Å². The number of nitrogens with one attached hydrogen (secondary N) is 1. The van der Waals surface area contributed by atoms with Gasteiger partial charge >= 0.3 is 5.97 Å². The van der Waals surface area contributed by atoms with Crippen LogP contribution in [0.25, 0.3) is 10.9 Å². The van der Waals surface area contributed by atoms with Crippen LogP contribution in [0.3, 0.4) is 0 Å². The second kappa shape index (κ2) is 5.99. The highest BCUT2D eigenvalue weighted by atomic mass is 16.5. The van der Waals surface area contributed by atoms with E-state index >= 15 is 0 Å². The van der Waals surface area contributed by atoms with Crippen molar-refractivity contribution in [2.24, 2.45) is 13.0 Å². The summed E-state index contributed by atoms with van der Waals surface area (Å²) in [5.74, 6) is -0.745. The standard InChI is InChI=1S/C16H20N2O3/c1-10(2)14(16(20)21-4)17-15(19)12-5-6-13-11(9-12)7-8-18(13)3/h5-10,14H,1-4H3,(H,17,19). The van der Waals surface area contributed by atoms with Crippen LogP contribution in [-0.4, -0.2) is 29.6 Å². The third-order valence-electron chi connectivity index (χ3n) is 3.56. The number of aryl methyl sites for hydroxylation is 1. The first kappa shape index (κ1) is 15.1. The first-order valence-electron chi connectivity index (χ1n) is 6.88. The molecular formula is C16H20N2O3. The number of esters is 1. The van der Waals surface area contributed by atoms with Crippen LogP contribution in [0, 0.1) is 5.92 Å². The number of amides is 1. The van der Waals surface area contributed by atoms with Crippen molar-refractivity contribution in [1.29, 1.82) is 0 Å². The zero-order valence-electron chi connectivity index (χ0n) is 12.7. The molecule has 0 spiro atoms. The molecule has 0 aliphatic rings. The molecule has 1 amide bonds. The molecular weight excluding hydrogens is 268 g/mol. The minimum absolute atomic E-state index is 0.0399. The third-order valence-corrected chi connectivity index (χ3v) is 3.56. The Morgan fingerprint density at radius 2 is 1.95 bits per heavy atom. The van der Waals surface area contributed by atoms with Gasteiger partial charge in [0.05, 0.1) is 7.11 Å². The topological polar surface area (TPSA) is 60.3 Å². The van der Waals surface area contributed by atoms with Crippen LogP contribution >= 0.6 is 0 Å². The SMILES string of the molecule is COC(=O)C(NC(=O)c1ccc2c(ccn2C)c1)C(C)C. The molecule has 2 rings (SSSR count). The molecule has 0 saturated heterocycles. The van der Waals surface area contributed by atoms with Gasteiger partial charge in [-0.2, -0.15) is 0 Å². The second-order valence-corrected chi connectivity index (χ2v) is 5.42. The zero-order valence-corrected chi connectivity index (χ0v) is 12.7. The average molecular weight is 288 g/mol. The number of carbonyl (C=O) groups is 2. The molecule has 0 bridgehead atoms. The van der Waals surface area contributed by atoms with Crippen molar-refractivity contribution in [2.75, 3.05) is 7.11 Å². The van der Waals surface area contributed by atoms with Crippen molar-refractivity contribution in [2.45, 2.75) is 19.9 Å². The molecule has 5 heteroatoms. The third kappa shape index (κ3) is 3.07. The van der Waals surface area contributed by atoms with Crippen LogP contribution in [0.15, 0.2) is 30.5 Å². The Kier molecular flexibility index (Phi) is 4.31. The summed E-state index contributed by atoms with van der Waals surface area (Å²) in [6.07, 6.45) is 1.94. The van der Waals surface area contributed by atoms with Gasteiger partial charge in [-0.1, -0.05) is 13.8 Å². The van der Waals surface area contributed by atoms with Gasteiger partial charge in [-0.15, -0.1) is 0 Å². The van der Waals surface area contributed by atoms with Crippen molar-refractivity contribution < 1.29 is 14.3 Å². The molecule has 0 aliphatic carbocycles. The fourth-order valence-electron chi connectivity index (χ4n) is 2.27. The maximum atomic E-state index is 12.3. The van der Waals surface area contributed by atoms with E-state index in [9.17, 15) is 9.59 Å². The molecule has 2 aromatic rings. The number of hydrogen-bond acceptors (Lipinski definition) is 3. The Morgan fingerprint density at radius 1 is 1.24 bits per heavy atom. The van der Waals surface area contributed by atoms with E-state index in [0.717, 1.165) is 10.9 Å². The van der Waals surface area contributed by atoms with Gasteiger partial charge in [-0.25, -0.2) is 4.79 Å². The summed E-state index contributed by atoms with van der Waals surface area (Å²) in [5, 5.41) is 3.72.